The number of aromatic nitrogens is 2. The quantitative estimate of drug-likeness (QED) is 0.364. The van der Waals surface area contributed by atoms with E-state index in [0.717, 1.165) is 10.9 Å². The van der Waals surface area contributed by atoms with Crippen molar-refractivity contribution in [3.63, 3.8) is 0 Å². The zero-order valence-electron chi connectivity index (χ0n) is 10.2. The van der Waals surface area contributed by atoms with E-state index in [1.165, 1.54) is 0 Å². The molecule has 1 saturated heterocycles. The first-order valence-corrected chi connectivity index (χ1v) is 5.70. The number of nitrogens with two attached hydrogens (primary N) is 1. The van der Waals surface area contributed by atoms with Gasteiger partial charge >= 0.3 is 0 Å². The lowest BCUT2D eigenvalue weighted by molar-refractivity contribution is -0.105. The molecule has 4 atom stereocenters. The number of imidazole rings is 1. The Morgan fingerprint density at radius 3 is 2.75 bits per heavy atom. The minimum atomic E-state index is -1.37. The lowest BCUT2D eigenvalue weighted by atomic mass is 10.1. The number of ether oxygens (including phenoxy) is 1. The van der Waals surface area contributed by atoms with Gasteiger partial charge in [-0.2, -0.15) is 0 Å². The van der Waals surface area contributed by atoms with Gasteiger partial charge in [0.05, 0.1) is 12.9 Å². The second-order valence-electron chi connectivity index (χ2n) is 4.20. The van der Waals surface area contributed by atoms with E-state index in [1.807, 2.05) is 0 Å². The molecule has 1 aromatic heterocycles. The van der Waals surface area contributed by atoms with Crippen molar-refractivity contribution in [3.8, 4) is 0 Å². The van der Waals surface area contributed by atoms with Crippen molar-refractivity contribution in [2.24, 2.45) is 5.73 Å². The summed E-state index contributed by atoms with van der Waals surface area (Å²) in [7, 11) is 0. The molecule has 0 bridgehead atoms. The minimum Gasteiger partial charge on any atom is -0.394 e. The van der Waals surface area contributed by atoms with Gasteiger partial charge in [-0.15, -0.1) is 0 Å². The number of hydrogen-bond acceptors (Lipinski definition) is 7. The summed E-state index contributed by atoms with van der Waals surface area (Å²) in [5.41, 5.74) is 4.90. The zero-order valence-corrected chi connectivity index (χ0v) is 10.2. The molecule has 0 spiro atoms. The van der Waals surface area contributed by atoms with Gasteiger partial charge in [0.15, 0.2) is 11.9 Å². The molecule has 110 valence electrons. The summed E-state index contributed by atoms with van der Waals surface area (Å²) in [5.74, 6) is -0.942. The van der Waals surface area contributed by atoms with Gasteiger partial charge in [-0.1, -0.05) is 0 Å². The van der Waals surface area contributed by atoms with Crippen LogP contribution in [0, 0.1) is 0 Å². The van der Waals surface area contributed by atoms with Crippen LogP contribution in [0.1, 0.15) is 16.7 Å². The van der Waals surface area contributed by atoms with Gasteiger partial charge in [0.1, 0.15) is 24.1 Å². The van der Waals surface area contributed by atoms with E-state index in [-0.39, 0.29) is 11.5 Å². The number of amides is 2. The summed E-state index contributed by atoms with van der Waals surface area (Å²) < 4.78 is 6.42. The van der Waals surface area contributed by atoms with Gasteiger partial charge in [-0.3, -0.25) is 14.2 Å². The number of carbonyl (C=O) groups excluding carboxylic acids is 2. The Bertz CT molecular complexity index is 518. The van der Waals surface area contributed by atoms with Crippen LogP contribution >= 0.6 is 0 Å². The number of nitrogens with one attached hydrogen (secondary N) is 1. The highest BCUT2D eigenvalue weighted by Gasteiger charge is 2.44. The van der Waals surface area contributed by atoms with Crippen LogP contribution in [-0.4, -0.2) is 62.1 Å². The van der Waals surface area contributed by atoms with E-state index in [9.17, 15) is 19.8 Å². The van der Waals surface area contributed by atoms with Crippen LogP contribution in [0.5, 0.6) is 0 Å². The molecular weight excluding hydrogens is 272 g/mol. The normalized spacial score (nSPS) is 29.4. The Morgan fingerprint density at radius 2 is 2.25 bits per heavy atom. The zero-order chi connectivity index (χ0) is 14.9. The van der Waals surface area contributed by atoms with E-state index in [0.29, 0.717) is 6.41 Å². The first kappa shape index (κ1) is 14.4. The van der Waals surface area contributed by atoms with Crippen LogP contribution in [0.2, 0.25) is 0 Å². The second-order valence-corrected chi connectivity index (χ2v) is 4.20. The topological polar surface area (TPSA) is 160 Å². The van der Waals surface area contributed by atoms with Crippen molar-refractivity contribution in [2.75, 3.05) is 11.9 Å². The maximum absolute atomic E-state index is 11.2. The Kier molecular flexibility index (Phi) is 3.99. The second kappa shape index (κ2) is 5.54. The molecule has 2 rings (SSSR count). The Labute approximate surface area is 112 Å². The molecule has 0 saturated carbocycles. The molecule has 10 nitrogen and oxygen atoms in total. The largest absolute Gasteiger partial charge is 0.394 e. The van der Waals surface area contributed by atoms with Gasteiger partial charge in [0.2, 0.25) is 6.41 Å². The predicted octanol–water partition coefficient (Wildman–Crippen LogP) is -2.84. The molecule has 0 aromatic carbocycles. The molecule has 20 heavy (non-hydrogen) atoms. The highest BCUT2D eigenvalue weighted by atomic mass is 16.6. The van der Waals surface area contributed by atoms with Gasteiger partial charge in [0, 0.05) is 0 Å². The van der Waals surface area contributed by atoms with Crippen molar-refractivity contribution in [2.45, 2.75) is 24.5 Å². The van der Waals surface area contributed by atoms with E-state index in [1.54, 1.807) is 0 Å². The first-order chi connectivity index (χ1) is 9.51. The third-order valence-corrected chi connectivity index (χ3v) is 3.01. The van der Waals surface area contributed by atoms with Crippen molar-refractivity contribution < 1.29 is 29.6 Å². The van der Waals surface area contributed by atoms with Crippen molar-refractivity contribution in [1.82, 2.24) is 9.55 Å². The molecule has 2 heterocycles. The first-order valence-electron chi connectivity index (χ1n) is 5.70. The third kappa shape index (κ3) is 2.25. The Balaban J connectivity index is 2.38. The summed E-state index contributed by atoms with van der Waals surface area (Å²) in [6, 6.07) is 0. The number of anilines is 1. The predicted molar refractivity (Wildman–Crippen MR) is 63.4 cm³/mol. The number of rotatable bonds is 5. The molecule has 10 heteroatoms. The molecule has 0 aliphatic carbocycles. The molecule has 1 fully saturated rings. The van der Waals surface area contributed by atoms with Crippen LogP contribution in [0.25, 0.3) is 0 Å². The van der Waals surface area contributed by atoms with Gasteiger partial charge < -0.3 is 31.1 Å². The van der Waals surface area contributed by atoms with Crippen LogP contribution in [-0.2, 0) is 9.53 Å². The van der Waals surface area contributed by atoms with E-state index in [4.69, 9.17) is 15.6 Å². The van der Waals surface area contributed by atoms with Crippen molar-refractivity contribution >= 4 is 18.1 Å². The van der Waals surface area contributed by atoms with E-state index >= 15 is 0 Å². The van der Waals surface area contributed by atoms with Crippen LogP contribution in [0.4, 0.5) is 5.82 Å². The monoisotopic (exact) mass is 286 g/mol. The van der Waals surface area contributed by atoms with E-state index < -0.39 is 37.1 Å². The average molecular weight is 286 g/mol. The molecular formula is C10H14N4O6. The average Bonchev–Trinajstić information content (AvgIpc) is 2.94. The Morgan fingerprint density at radius 1 is 1.55 bits per heavy atom. The van der Waals surface area contributed by atoms with Crippen molar-refractivity contribution in [3.05, 3.63) is 12.0 Å². The van der Waals surface area contributed by atoms with Gasteiger partial charge in [0.25, 0.3) is 5.91 Å². The summed E-state index contributed by atoms with van der Waals surface area (Å²) in [4.78, 5) is 25.5. The molecule has 0 unspecified atom stereocenters. The lowest BCUT2D eigenvalue weighted by Crippen LogP contribution is -2.33. The third-order valence-electron chi connectivity index (χ3n) is 3.01. The summed E-state index contributed by atoms with van der Waals surface area (Å²) >= 11 is 0. The fourth-order valence-corrected chi connectivity index (χ4v) is 2.04. The number of carbonyl (C=O) groups is 2. The summed E-state index contributed by atoms with van der Waals surface area (Å²) in [5, 5.41) is 30.8. The van der Waals surface area contributed by atoms with E-state index in [2.05, 4.69) is 10.3 Å². The fourth-order valence-electron chi connectivity index (χ4n) is 2.04. The number of nitrogens with zero attached hydrogens (tertiary/aromatic N) is 2. The van der Waals surface area contributed by atoms with Crippen molar-refractivity contribution in [1.29, 1.82) is 0 Å². The van der Waals surface area contributed by atoms with Gasteiger partial charge in [-0.25, -0.2) is 4.98 Å². The molecule has 6 N–H and O–H groups in total. The number of aliphatic hydroxyl groups is 3. The Hall–Kier alpha value is -2.01. The summed E-state index contributed by atoms with van der Waals surface area (Å²) in [6.45, 7) is -0.497. The summed E-state index contributed by atoms with van der Waals surface area (Å²) in [6.07, 6.45) is -3.35. The maximum Gasteiger partial charge on any atom is 0.271 e. The molecule has 0 radical (unpaired) electrons. The smallest absolute Gasteiger partial charge is 0.271 e. The molecule has 1 aromatic rings. The molecule has 1 aliphatic heterocycles. The van der Waals surface area contributed by atoms with Crippen LogP contribution < -0.4 is 11.1 Å². The number of primary amides is 1. The highest BCUT2D eigenvalue weighted by molar-refractivity contribution is 5.97. The fraction of sp³-hybridized carbons (Fsp3) is 0.500. The highest BCUT2D eigenvalue weighted by Crippen LogP contribution is 2.32. The van der Waals surface area contributed by atoms with Gasteiger partial charge in [-0.05, 0) is 0 Å². The molecule has 1 aliphatic rings. The van der Waals surface area contributed by atoms with Crippen LogP contribution in [0.3, 0.4) is 0 Å². The SMILES string of the molecule is NC(=O)c1ncn([C@H]2O[C@@H](CO)[C@@H](O)[C@H]2O)c1NC=O. The minimum absolute atomic E-state index is 0.0673. The standard InChI is InChI=1S/C10H14N4O6/c11-8(19)5-9(13-3-16)14(2-12-5)10-7(18)6(17)4(1-15)20-10/h2-4,6-7,10,15,17-18H,1H2,(H2,11,19)(H,13,16)/t4-,6+,7+,10-/m0/s1. The lowest BCUT2D eigenvalue weighted by Gasteiger charge is -2.18. The number of aliphatic hydroxyl groups excluding tert-OH is 3. The molecule has 2 amide bonds. The number of hydrogen-bond donors (Lipinski definition) is 5. The van der Waals surface area contributed by atoms with Crippen LogP contribution in [0.15, 0.2) is 6.33 Å². The maximum atomic E-state index is 11.2.